The van der Waals surface area contributed by atoms with E-state index in [4.69, 9.17) is 15.2 Å². The van der Waals surface area contributed by atoms with E-state index in [1.807, 2.05) is 38.1 Å². The Morgan fingerprint density at radius 2 is 1.75 bits per heavy atom. The van der Waals surface area contributed by atoms with Gasteiger partial charge in [-0.05, 0) is 51.1 Å². The molecule has 0 saturated carbocycles. The molecule has 0 aliphatic heterocycles. The second-order valence-corrected chi connectivity index (χ2v) is 4.82. The van der Waals surface area contributed by atoms with Crippen LogP contribution in [0.25, 0.3) is 0 Å². The molecule has 20 heavy (non-hydrogen) atoms. The molecule has 1 amide bonds. The lowest BCUT2D eigenvalue weighted by Gasteiger charge is -2.27. The fraction of sp³-hybridized carbons (Fsp3) is 0.533. The van der Waals surface area contributed by atoms with Crippen LogP contribution < -0.4 is 20.5 Å². The molecule has 0 bridgehead atoms. The molecule has 1 unspecified atom stereocenters. The number of nitrogens with one attached hydrogen (secondary N) is 1. The fourth-order valence-electron chi connectivity index (χ4n) is 1.64. The van der Waals surface area contributed by atoms with Crippen LogP contribution >= 0.6 is 0 Å². The van der Waals surface area contributed by atoms with E-state index < -0.39 is 11.4 Å². The Morgan fingerprint density at radius 3 is 2.20 bits per heavy atom. The van der Waals surface area contributed by atoms with Gasteiger partial charge in [-0.3, -0.25) is 4.79 Å². The molecule has 0 radical (unpaired) electrons. The first kappa shape index (κ1) is 16.3. The van der Waals surface area contributed by atoms with Crippen LogP contribution in [0, 0.1) is 0 Å². The number of carbonyl (C=O) groups excluding carboxylic acids is 1. The first-order valence-corrected chi connectivity index (χ1v) is 6.92. The van der Waals surface area contributed by atoms with Gasteiger partial charge in [-0.2, -0.15) is 0 Å². The number of carbonyl (C=O) groups is 1. The molecule has 5 heteroatoms. The van der Waals surface area contributed by atoms with Crippen molar-refractivity contribution in [1.82, 2.24) is 5.32 Å². The Balaban J connectivity index is 2.60. The van der Waals surface area contributed by atoms with Crippen LogP contribution in [0.4, 0.5) is 0 Å². The molecular formula is C15H24N2O3. The first-order chi connectivity index (χ1) is 9.51. The van der Waals surface area contributed by atoms with Gasteiger partial charge in [-0.1, -0.05) is 6.92 Å². The Labute approximate surface area is 120 Å². The number of nitrogens with two attached hydrogens (primary N) is 1. The van der Waals surface area contributed by atoms with Crippen LogP contribution in [0.1, 0.15) is 27.2 Å². The fourth-order valence-corrected chi connectivity index (χ4v) is 1.64. The van der Waals surface area contributed by atoms with Crippen molar-refractivity contribution in [2.24, 2.45) is 5.73 Å². The smallest absolute Gasteiger partial charge is 0.240 e. The van der Waals surface area contributed by atoms with E-state index in [2.05, 4.69) is 5.32 Å². The number of benzene rings is 1. The summed E-state index contributed by atoms with van der Waals surface area (Å²) in [4.78, 5) is 11.5. The molecule has 0 saturated heterocycles. The molecule has 1 atom stereocenters. The minimum Gasteiger partial charge on any atom is -0.494 e. The van der Waals surface area contributed by atoms with Crippen LogP contribution in [0.15, 0.2) is 24.3 Å². The van der Waals surface area contributed by atoms with E-state index >= 15 is 0 Å². The zero-order chi connectivity index (χ0) is 15.0. The van der Waals surface area contributed by atoms with Crippen molar-refractivity contribution in [2.45, 2.75) is 32.7 Å². The molecular weight excluding hydrogens is 256 g/mol. The third-order valence-corrected chi connectivity index (χ3v) is 2.97. The van der Waals surface area contributed by atoms with E-state index in [1.54, 1.807) is 6.92 Å². The van der Waals surface area contributed by atoms with Gasteiger partial charge >= 0.3 is 0 Å². The van der Waals surface area contributed by atoms with Crippen molar-refractivity contribution in [3.8, 4) is 11.5 Å². The van der Waals surface area contributed by atoms with Crippen molar-refractivity contribution in [3.05, 3.63) is 24.3 Å². The first-order valence-electron chi connectivity index (χ1n) is 6.92. The number of hydrogen-bond donors (Lipinski definition) is 2. The summed E-state index contributed by atoms with van der Waals surface area (Å²) in [6.45, 7) is 7.24. The number of ether oxygens (including phenoxy) is 2. The molecule has 1 aromatic rings. The molecule has 112 valence electrons. The second-order valence-electron chi connectivity index (χ2n) is 4.82. The topological polar surface area (TPSA) is 73.6 Å². The predicted octanol–water partition coefficient (Wildman–Crippen LogP) is 1.71. The summed E-state index contributed by atoms with van der Waals surface area (Å²) in [6, 6.07) is 7.29. The summed E-state index contributed by atoms with van der Waals surface area (Å²) in [7, 11) is 0. The highest BCUT2D eigenvalue weighted by atomic mass is 16.5. The average molecular weight is 280 g/mol. The SMILES string of the molecule is CCCNC(C)(COc1ccc(OCC)cc1)C(N)=O. The number of hydrogen-bond acceptors (Lipinski definition) is 4. The molecule has 1 aromatic carbocycles. The summed E-state index contributed by atoms with van der Waals surface area (Å²) in [6.07, 6.45) is 0.923. The van der Waals surface area contributed by atoms with Gasteiger partial charge in [0.1, 0.15) is 23.6 Å². The van der Waals surface area contributed by atoms with Gasteiger partial charge in [-0.25, -0.2) is 0 Å². The summed E-state index contributed by atoms with van der Waals surface area (Å²) < 4.78 is 11.0. The van der Waals surface area contributed by atoms with Gasteiger partial charge in [-0.15, -0.1) is 0 Å². The third-order valence-electron chi connectivity index (χ3n) is 2.97. The van der Waals surface area contributed by atoms with E-state index in [9.17, 15) is 4.79 Å². The number of rotatable bonds is 9. The normalized spacial score (nSPS) is 13.6. The highest BCUT2D eigenvalue weighted by Crippen LogP contribution is 2.18. The minimum atomic E-state index is -0.866. The Kier molecular flexibility index (Phi) is 6.31. The molecule has 0 spiro atoms. The lowest BCUT2D eigenvalue weighted by molar-refractivity contribution is -0.125. The average Bonchev–Trinajstić information content (AvgIpc) is 2.44. The highest BCUT2D eigenvalue weighted by Gasteiger charge is 2.31. The van der Waals surface area contributed by atoms with E-state index in [1.165, 1.54) is 0 Å². The summed E-state index contributed by atoms with van der Waals surface area (Å²) in [5, 5.41) is 3.12. The molecule has 0 heterocycles. The predicted molar refractivity (Wildman–Crippen MR) is 79.0 cm³/mol. The maximum atomic E-state index is 11.5. The Morgan fingerprint density at radius 1 is 1.20 bits per heavy atom. The van der Waals surface area contributed by atoms with Crippen molar-refractivity contribution in [3.63, 3.8) is 0 Å². The monoisotopic (exact) mass is 280 g/mol. The zero-order valence-corrected chi connectivity index (χ0v) is 12.4. The lowest BCUT2D eigenvalue weighted by atomic mass is 10.0. The van der Waals surface area contributed by atoms with Crippen molar-refractivity contribution in [2.75, 3.05) is 19.8 Å². The maximum Gasteiger partial charge on any atom is 0.240 e. The van der Waals surface area contributed by atoms with Crippen LogP contribution in [0.2, 0.25) is 0 Å². The van der Waals surface area contributed by atoms with Gasteiger partial charge in [0.25, 0.3) is 0 Å². The Hall–Kier alpha value is -1.75. The van der Waals surface area contributed by atoms with Crippen LogP contribution in [-0.2, 0) is 4.79 Å². The molecule has 3 N–H and O–H groups in total. The maximum absolute atomic E-state index is 11.5. The van der Waals surface area contributed by atoms with Gasteiger partial charge < -0.3 is 20.5 Å². The van der Waals surface area contributed by atoms with Gasteiger partial charge in [0, 0.05) is 0 Å². The van der Waals surface area contributed by atoms with Crippen LogP contribution in [-0.4, -0.2) is 31.2 Å². The minimum absolute atomic E-state index is 0.191. The molecule has 1 rings (SSSR count). The largest absolute Gasteiger partial charge is 0.494 e. The zero-order valence-electron chi connectivity index (χ0n) is 12.4. The summed E-state index contributed by atoms with van der Waals surface area (Å²) in [5.41, 5.74) is 4.57. The highest BCUT2D eigenvalue weighted by molar-refractivity contribution is 5.84. The Bertz CT molecular complexity index is 420. The second kappa shape index (κ2) is 7.75. The standard InChI is InChI=1S/C15H24N2O3/c1-4-10-17-15(3,14(16)18)11-20-13-8-6-12(7-9-13)19-5-2/h6-9,17H,4-5,10-11H2,1-3H3,(H2,16,18). The molecule has 0 aliphatic carbocycles. The number of amides is 1. The molecule has 0 fully saturated rings. The molecule has 5 nitrogen and oxygen atoms in total. The number of primary amides is 1. The molecule has 0 aromatic heterocycles. The van der Waals surface area contributed by atoms with Crippen molar-refractivity contribution >= 4 is 5.91 Å². The van der Waals surface area contributed by atoms with E-state index in [-0.39, 0.29) is 6.61 Å². The van der Waals surface area contributed by atoms with Crippen molar-refractivity contribution in [1.29, 1.82) is 0 Å². The lowest BCUT2D eigenvalue weighted by Crippen LogP contribution is -2.57. The van der Waals surface area contributed by atoms with Crippen LogP contribution in [0.3, 0.4) is 0 Å². The quantitative estimate of drug-likeness (QED) is 0.722. The molecule has 0 aliphatic rings. The van der Waals surface area contributed by atoms with E-state index in [0.29, 0.717) is 18.9 Å². The third kappa shape index (κ3) is 4.74. The van der Waals surface area contributed by atoms with Gasteiger partial charge in [0.2, 0.25) is 5.91 Å². The van der Waals surface area contributed by atoms with Gasteiger partial charge in [0.05, 0.1) is 6.61 Å². The van der Waals surface area contributed by atoms with Crippen molar-refractivity contribution < 1.29 is 14.3 Å². The van der Waals surface area contributed by atoms with Crippen LogP contribution in [0.5, 0.6) is 11.5 Å². The summed E-state index contributed by atoms with van der Waals surface area (Å²) in [5.74, 6) is 1.05. The van der Waals surface area contributed by atoms with Gasteiger partial charge in [0.15, 0.2) is 0 Å². The van der Waals surface area contributed by atoms with E-state index in [0.717, 1.165) is 12.2 Å². The summed E-state index contributed by atoms with van der Waals surface area (Å²) >= 11 is 0.